The molecule has 0 aliphatic carbocycles. The third-order valence-corrected chi connectivity index (χ3v) is 6.22. The number of nitrogens with zero attached hydrogens (tertiary/aromatic N) is 1. The summed E-state index contributed by atoms with van der Waals surface area (Å²) in [7, 11) is 0. The zero-order valence-corrected chi connectivity index (χ0v) is 18.4. The van der Waals surface area contributed by atoms with Gasteiger partial charge in [-0.25, -0.2) is 0 Å². The van der Waals surface area contributed by atoms with Gasteiger partial charge >= 0.3 is 0 Å². The number of piperidine rings is 1. The van der Waals surface area contributed by atoms with E-state index in [1.165, 1.54) is 21.5 Å². The van der Waals surface area contributed by atoms with Crippen molar-refractivity contribution in [2.75, 3.05) is 19.6 Å². The molecule has 0 amide bonds. The summed E-state index contributed by atoms with van der Waals surface area (Å²) < 4.78 is 0. The van der Waals surface area contributed by atoms with Crippen LogP contribution in [0.5, 0.6) is 0 Å². The summed E-state index contributed by atoms with van der Waals surface area (Å²) >= 11 is 0. The molecule has 1 fully saturated rings. The summed E-state index contributed by atoms with van der Waals surface area (Å²) in [6.07, 6.45) is 5.27. The molecule has 1 saturated heterocycles. The first-order chi connectivity index (χ1) is 15.7. The minimum atomic E-state index is 0.165. The summed E-state index contributed by atoms with van der Waals surface area (Å²) in [6.45, 7) is 4.57. The Bertz CT molecular complexity index is 1250. The fourth-order valence-electron chi connectivity index (χ4n) is 4.71. The fourth-order valence-corrected chi connectivity index (χ4v) is 4.71. The number of fused-ring (bicyclic) bond motifs is 2. The second-order valence-electron chi connectivity index (χ2n) is 8.52. The Morgan fingerprint density at radius 1 is 0.688 bits per heavy atom. The van der Waals surface area contributed by atoms with Gasteiger partial charge in [0.1, 0.15) is 0 Å². The van der Waals surface area contributed by atoms with Crippen LogP contribution in [0.15, 0.2) is 96.1 Å². The zero-order chi connectivity index (χ0) is 21.9. The third-order valence-electron chi connectivity index (χ3n) is 6.22. The van der Waals surface area contributed by atoms with E-state index in [-0.39, 0.29) is 5.78 Å². The van der Waals surface area contributed by atoms with Gasteiger partial charge in [-0.15, -0.1) is 0 Å². The third kappa shape index (κ3) is 4.02. The highest BCUT2D eigenvalue weighted by Gasteiger charge is 2.26. The van der Waals surface area contributed by atoms with Crippen LogP contribution < -0.4 is 0 Å². The average molecular weight is 418 g/mol. The Labute approximate surface area is 189 Å². The molecule has 158 valence electrons. The lowest BCUT2D eigenvalue weighted by atomic mass is 9.92. The van der Waals surface area contributed by atoms with E-state index in [2.05, 4.69) is 109 Å². The van der Waals surface area contributed by atoms with Crippen molar-refractivity contribution >= 4 is 39.5 Å². The van der Waals surface area contributed by atoms with Crippen LogP contribution in [-0.2, 0) is 4.79 Å². The molecule has 2 heteroatoms. The average Bonchev–Trinajstić information content (AvgIpc) is 2.82. The number of carbonyl (C=O) groups excluding carboxylic acids is 1. The monoisotopic (exact) mass is 417 g/mol. The van der Waals surface area contributed by atoms with E-state index in [0.717, 1.165) is 35.2 Å². The standard InChI is InChI=1S/C30H27NO/c1-2-17-31-20-26(18-24-13-7-11-22-9-3-5-15-28(22)24)30(32)27(21-31)19-25-14-8-12-23-10-4-6-16-29(23)25/h3-16,18-19H,2,17,20-21H2,1H3/b26-18+,27-19+. The first-order valence-corrected chi connectivity index (χ1v) is 11.4. The number of carbonyl (C=O) groups is 1. The number of benzene rings is 4. The highest BCUT2D eigenvalue weighted by atomic mass is 16.1. The molecule has 0 atom stereocenters. The van der Waals surface area contributed by atoms with E-state index >= 15 is 0 Å². The van der Waals surface area contributed by atoms with E-state index in [9.17, 15) is 4.79 Å². The van der Waals surface area contributed by atoms with Crippen LogP contribution in [0.2, 0.25) is 0 Å². The molecule has 5 rings (SSSR count). The molecule has 4 aromatic carbocycles. The summed E-state index contributed by atoms with van der Waals surface area (Å²) in [5.41, 5.74) is 3.95. The number of hydrogen-bond acceptors (Lipinski definition) is 2. The van der Waals surface area contributed by atoms with E-state index in [4.69, 9.17) is 0 Å². The van der Waals surface area contributed by atoms with Gasteiger partial charge in [0.15, 0.2) is 5.78 Å². The highest BCUT2D eigenvalue weighted by molar-refractivity contribution is 6.16. The first kappa shape index (κ1) is 20.4. The largest absolute Gasteiger partial charge is 0.295 e. The normalized spacial score (nSPS) is 17.6. The lowest BCUT2D eigenvalue weighted by Crippen LogP contribution is -2.38. The second kappa shape index (κ2) is 8.94. The maximum atomic E-state index is 13.6. The predicted octanol–water partition coefficient (Wildman–Crippen LogP) is 6.75. The lowest BCUT2D eigenvalue weighted by molar-refractivity contribution is -0.113. The maximum Gasteiger partial charge on any atom is 0.187 e. The summed E-state index contributed by atoms with van der Waals surface area (Å²) in [5, 5.41) is 4.76. The van der Waals surface area contributed by atoms with Gasteiger partial charge < -0.3 is 0 Å². The summed E-state index contributed by atoms with van der Waals surface area (Å²) in [5.74, 6) is 0.165. The minimum Gasteiger partial charge on any atom is -0.295 e. The number of hydrogen-bond donors (Lipinski definition) is 0. The molecule has 0 spiro atoms. The van der Waals surface area contributed by atoms with Crippen molar-refractivity contribution in [2.45, 2.75) is 13.3 Å². The Balaban J connectivity index is 1.59. The van der Waals surface area contributed by atoms with Crippen molar-refractivity contribution < 1.29 is 4.79 Å². The summed E-state index contributed by atoms with van der Waals surface area (Å²) in [6, 6.07) is 29.3. The molecular weight excluding hydrogens is 390 g/mol. The van der Waals surface area contributed by atoms with Gasteiger partial charge in [-0.1, -0.05) is 91.9 Å². The summed E-state index contributed by atoms with van der Waals surface area (Å²) in [4.78, 5) is 16.0. The molecule has 1 heterocycles. The molecule has 1 aliphatic heterocycles. The van der Waals surface area contributed by atoms with Crippen LogP contribution in [-0.4, -0.2) is 30.3 Å². The van der Waals surface area contributed by atoms with Gasteiger partial charge in [-0.3, -0.25) is 9.69 Å². The van der Waals surface area contributed by atoms with Crippen molar-refractivity contribution in [3.63, 3.8) is 0 Å². The molecule has 4 aromatic rings. The van der Waals surface area contributed by atoms with Gasteiger partial charge in [0.05, 0.1) is 0 Å². The Morgan fingerprint density at radius 3 is 1.66 bits per heavy atom. The highest BCUT2D eigenvalue weighted by Crippen LogP contribution is 2.27. The minimum absolute atomic E-state index is 0.165. The van der Waals surface area contributed by atoms with E-state index in [1.807, 2.05) is 0 Å². The quantitative estimate of drug-likeness (QED) is 0.342. The van der Waals surface area contributed by atoms with E-state index in [0.29, 0.717) is 13.1 Å². The van der Waals surface area contributed by atoms with Gasteiger partial charge in [0.2, 0.25) is 0 Å². The molecule has 0 unspecified atom stereocenters. The van der Waals surface area contributed by atoms with Crippen molar-refractivity contribution in [3.8, 4) is 0 Å². The van der Waals surface area contributed by atoms with E-state index in [1.54, 1.807) is 0 Å². The number of ketones is 1. The van der Waals surface area contributed by atoms with Gasteiger partial charge in [-0.05, 0) is 57.8 Å². The molecular formula is C30H27NO. The van der Waals surface area contributed by atoms with Crippen LogP contribution in [0.3, 0.4) is 0 Å². The molecule has 0 saturated carbocycles. The molecule has 0 bridgehead atoms. The van der Waals surface area contributed by atoms with Gasteiger partial charge in [-0.2, -0.15) is 0 Å². The van der Waals surface area contributed by atoms with E-state index < -0.39 is 0 Å². The Morgan fingerprint density at radius 2 is 1.16 bits per heavy atom. The molecule has 32 heavy (non-hydrogen) atoms. The number of Topliss-reactive ketones (excluding diaryl/α,β-unsaturated/α-hetero) is 1. The predicted molar refractivity (Wildman–Crippen MR) is 136 cm³/mol. The number of likely N-dealkylation sites (tertiary alicyclic amines) is 1. The maximum absolute atomic E-state index is 13.6. The SMILES string of the molecule is CCCN1C/C(=C\c2cccc3ccccc23)C(=O)/C(=C/c2cccc3ccccc23)C1. The Hall–Kier alpha value is -3.49. The molecule has 0 radical (unpaired) electrons. The fraction of sp³-hybridized carbons (Fsp3) is 0.167. The van der Waals surface area contributed by atoms with Crippen molar-refractivity contribution in [3.05, 3.63) is 107 Å². The topological polar surface area (TPSA) is 20.3 Å². The van der Waals surface area contributed by atoms with Crippen LogP contribution >= 0.6 is 0 Å². The van der Waals surface area contributed by atoms with Gasteiger partial charge in [0.25, 0.3) is 0 Å². The Kier molecular flexibility index (Phi) is 5.70. The lowest BCUT2D eigenvalue weighted by Gasteiger charge is -2.29. The van der Waals surface area contributed by atoms with Crippen LogP contribution in [0.4, 0.5) is 0 Å². The van der Waals surface area contributed by atoms with Crippen molar-refractivity contribution in [2.24, 2.45) is 0 Å². The second-order valence-corrected chi connectivity index (χ2v) is 8.52. The van der Waals surface area contributed by atoms with Gasteiger partial charge in [0, 0.05) is 24.2 Å². The molecule has 0 N–H and O–H groups in total. The molecule has 0 aromatic heterocycles. The zero-order valence-electron chi connectivity index (χ0n) is 18.4. The van der Waals surface area contributed by atoms with Crippen LogP contribution in [0, 0.1) is 0 Å². The van der Waals surface area contributed by atoms with Crippen LogP contribution in [0.25, 0.3) is 33.7 Å². The smallest absolute Gasteiger partial charge is 0.187 e. The molecule has 2 nitrogen and oxygen atoms in total. The van der Waals surface area contributed by atoms with Crippen LogP contribution in [0.1, 0.15) is 24.5 Å². The molecule has 1 aliphatic rings. The number of rotatable bonds is 4. The van der Waals surface area contributed by atoms with Crippen molar-refractivity contribution in [1.29, 1.82) is 0 Å². The first-order valence-electron chi connectivity index (χ1n) is 11.4. The van der Waals surface area contributed by atoms with Crippen molar-refractivity contribution in [1.82, 2.24) is 4.90 Å².